The lowest BCUT2D eigenvalue weighted by Gasteiger charge is -2.43. The molecule has 3 saturated heterocycles. The second-order valence-electron chi connectivity index (χ2n) is 6.10. The number of aliphatic carboxylic acids is 1. The topological polar surface area (TPSA) is 53.0 Å². The van der Waals surface area contributed by atoms with E-state index in [4.69, 9.17) is 9.84 Å². The average Bonchev–Trinajstić information content (AvgIpc) is 2.85. The molecule has 3 rings (SSSR count). The Morgan fingerprint density at radius 1 is 1.16 bits per heavy atom. The Kier molecular flexibility index (Phi) is 4.05. The standard InChI is InChI=1S/C14H24N2O3/c17-14(18)9-13-10-16(6-7-19-13)12-3-5-15-4-1-2-11(15)8-12/h11-13H,1-10H2,(H,17,18). The van der Waals surface area contributed by atoms with Gasteiger partial charge in [-0.3, -0.25) is 9.69 Å². The maximum Gasteiger partial charge on any atom is 0.306 e. The van der Waals surface area contributed by atoms with Crippen LogP contribution in [0.2, 0.25) is 0 Å². The number of morpholine rings is 1. The van der Waals surface area contributed by atoms with Crippen LogP contribution in [0.3, 0.4) is 0 Å². The van der Waals surface area contributed by atoms with E-state index in [1.807, 2.05) is 0 Å². The zero-order valence-corrected chi connectivity index (χ0v) is 11.5. The van der Waals surface area contributed by atoms with Gasteiger partial charge >= 0.3 is 5.97 Å². The molecular weight excluding hydrogens is 244 g/mol. The van der Waals surface area contributed by atoms with Crippen LogP contribution in [0.1, 0.15) is 32.1 Å². The van der Waals surface area contributed by atoms with Crippen LogP contribution in [0.5, 0.6) is 0 Å². The molecule has 0 radical (unpaired) electrons. The fourth-order valence-electron chi connectivity index (χ4n) is 3.93. The first-order chi connectivity index (χ1) is 9.22. The summed E-state index contributed by atoms with van der Waals surface area (Å²) < 4.78 is 5.56. The molecule has 3 aliphatic rings. The van der Waals surface area contributed by atoms with Crippen molar-refractivity contribution < 1.29 is 14.6 Å². The second kappa shape index (κ2) is 5.77. The van der Waals surface area contributed by atoms with Gasteiger partial charge in [-0.2, -0.15) is 0 Å². The van der Waals surface area contributed by atoms with Gasteiger partial charge in [0.2, 0.25) is 0 Å². The van der Waals surface area contributed by atoms with Crippen LogP contribution >= 0.6 is 0 Å². The quantitative estimate of drug-likeness (QED) is 0.820. The van der Waals surface area contributed by atoms with Crippen molar-refractivity contribution in [3.8, 4) is 0 Å². The first kappa shape index (κ1) is 13.3. The number of carboxylic acid groups (broad SMARTS) is 1. The van der Waals surface area contributed by atoms with Gasteiger partial charge in [0.05, 0.1) is 19.1 Å². The van der Waals surface area contributed by atoms with Crippen LogP contribution in [-0.4, -0.2) is 71.8 Å². The van der Waals surface area contributed by atoms with E-state index in [9.17, 15) is 4.79 Å². The third-order valence-electron chi connectivity index (χ3n) is 4.88. The van der Waals surface area contributed by atoms with Crippen molar-refractivity contribution in [3.63, 3.8) is 0 Å². The minimum atomic E-state index is -0.752. The van der Waals surface area contributed by atoms with E-state index in [0.717, 1.165) is 19.1 Å². The Morgan fingerprint density at radius 2 is 2.00 bits per heavy atom. The van der Waals surface area contributed by atoms with Crippen LogP contribution in [0, 0.1) is 0 Å². The van der Waals surface area contributed by atoms with Gasteiger partial charge in [-0.15, -0.1) is 0 Å². The molecule has 0 spiro atoms. The minimum absolute atomic E-state index is 0.118. The molecule has 1 N–H and O–H groups in total. The molecule has 19 heavy (non-hydrogen) atoms. The van der Waals surface area contributed by atoms with Crippen molar-refractivity contribution in [2.24, 2.45) is 0 Å². The number of carbonyl (C=O) groups is 1. The molecule has 3 heterocycles. The minimum Gasteiger partial charge on any atom is -0.481 e. The number of hydrogen-bond donors (Lipinski definition) is 1. The van der Waals surface area contributed by atoms with E-state index in [0.29, 0.717) is 12.6 Å². The molecule has 3 unspecified atom stereocenters. The number of fused-ring (bicyclic) bond motifs is 1. The highest BCUT2D eigenvalue weighted by Gasteiger charge is 2.36. The summed E-state index contributed by atoms with van der Waals surface area (Å²) >= 11 is 0. The zero-order valence-electron chi connectivity index (χ0n) is 11.5. The lowest BCUT2D eigenvalue weighted by molar-refractivity contribution is -0.142. The largest absolute Gasteiger partial charge is 0.481 e. The Labute approximate surface area is 114 Å². The summed E-state index contributed by atoms with van der Waals surface area (Å²) in [5, 5.41) is 8.88. The first-order valence-electron chi connectivity index (χ1n) is 7.54. The lowest BCUT2D eigenvalue weighted by Crippen LogP contribution is -2.53. The molecule has 3 fully saturated rings. The Morgan fingerprint density at radius 3 is 2.84 bits per heavy atom. The highest BCUT2D eigenvalue weighted by atomic mass is 16.5. The van der Waals surface area contributed by atoms with Crippen LogP contribution in [0.15, 0.2) is 0 Å². The Balaban J connectivity index is 1.54. The lowest BCUT2D eigenvalue weighted by atomic mass is 9.95. The van der Waals surface area contributed by atoms with E-state index in [1.165, 1.54) is 38.8 Å². The zero-order chi connectivity index (χ0) is 13.2. The van der Waals surface area contributed by atoms with Gasteiger partial charge < -0.3 is 14.7 Å². The number of rotatable bonds is 3. The Hall–Kier alpha value is -0.650. The van der Waals surface area contributed by atoms with Gasteiger partial charge in [0, 0.05) is 25.2 Å². The fourth-order valence-corrected chi connectivity index (χ4v) is 3.93. The number of piperidine rings is 1. The smallest absolute Gasteiger partial charge is 0.306 e. The molecule has 0 saturated carbocycles. The summed E-state index contributed by atoms with van der Waals surface area (Å²) in [5.74, 6) is -0.752. The molecule has 108 valence electrons. The van der Waals surface area contributed by atoms with E-state index in [2.05, 4.69) is 9.80 Å². The Bertz CT molecular complexity index is 337. The van der Waals surface area contributed by atoms with Crippen LogP contribution < -0.4 is 0 Å². The van der Waals surface area contributed by atoms with E-state index >= 15 is 0 Å². The molecule has 0 aromatic rings. The first-order valence-corrected chi connectivity index (χ1v) is 7.54. The van der Waals surface area contributed by atoms with E-state index in [1.54, 1.807) is 0 Å². The summed E-state index contributed by atoms with van der Waals surface area (Å²) in [7, 11) is 0. The second-order valence-corrected chi connectivity index (χ2v) is 6.10. The predicted octanol–water partition coefficient (Wildman–Crippen LogP) is 0.789. The van der Waals surface area contributed by atoms with Crippen molar-refractivity contribution in [2.75, 3.05) is 32.8 Å². The normalized spacial score (nSPS) is 37.2. The summed E-state index contributed by atoms with van der Waals surface area (Å²) in [6, 6.07) is 1.42. The van der Waals surface area contributed by atoms with Crippen molar-refractivity contribution in [1.29, 1.82) is 0 Å². The van der Waals surface area contributed by atoms with Crippen molar-refractivity contribution in [2.45, 2.75) is 50.3 Å². The highest BCUT2D eigenvalue weighted by Crippen LogP contribution is 2.30. The summed E-state index contributed by atoms with van der Waals surface area (Å²) in [6.07, 6.45) is 5.21. The van der Waals surface area contributed by atoms with Crippen molar-refractivity contribution in [1.82, 2.24) is 9.80 Å². The fraction of sp³-hybridized carbons (Fsp3) is 0.929. The van der Waals surface area contributed by atoms with Gasteiger partial charge in [-0.1, -0.05) is 0 Å². The molecule has 5 heteroatoms. The molecule has 5 nitrogen and oxygen atoms in total. The average molecular weight is 268 g/mol. The summed E-state index contributed by atoms with van der Waals surface area (Å²) in [5.41, 5.74) is 0. The van der Waals surface area contributed by atoms with Gasteiger partial charge in [0.15, 0.2) is 0 Å². The van der Waals surface area contributed by atoms with E-state index in [-0.39, 0.29) is 12.5 Å². The predicted molar refractivity (Wildman–Crippen MR) is 71.2 cm³/mol. The van der Waals surface area contributed by atoms with E-state index < -0.39 is 5.97 Å². The number of carboxylic acids is 1. The molecule has 0 aromatic carbocycles. The third kappa shape index (κ3) is 3.09. The van der Waals surface area contributed by atoms with Gasteiger partial charge in [0.25, 0.3) is 0 Å². The molecule has 0 amide bonds. The van der Waals surface area contributed by atoms with Gasteiger partial charge in [-0.25, -0.2) is 0 Å². The maximum absolute atomic E-state index is 10.8. The molecular formula is C14H24N2O3. The number of hydrogen-bond acceptors (Lipinski definition) is 4. The summed E-state index contributed by atoms with van der Waals surface area (Å²) in [6.45, 7) is 4.94. The SMILES string of the molecule is O=C(O)CC1CN(C2CCN3CCCC3C2)CCO1. The molecule has 0 bridgehead atoms. The summed E-state index contributed by atoms with van der Waals surface area (Å²) in [4.78, 5) is 15.9. The van der Waals surface area contributed by atoms with Crippen molar-refractivity contribution >= 4 is 5.97 Å². The monoisotopic (exact) mass is 268 g/mol. The number of ether oxygens (including phenoxy) is 1. The van der Waals surface area contributed by atoms with Gasteiger partial charge in [-0.05, 0) is 38.8 Å². The van der Waals surface area contributed by atoms with Crippen LogP contribution in [0.4, 0.5) is 0 Å². The highest BCUT2D eigenvalue weighted by molar-refractivity contribution is 5.67. The molecule has 3 aliphatic heterocycles. The maximum atomic E-state index is 10.8. The molecule has 0 aliphatic carbocycles. The molecule has 0 aromatic heterocycles. The van der Waals surface area contributed by atoms with Crippen LogP contribution in [0.25, 0.3) is 0 Å². The number of nitrogens with zero attached hydrogens (tertiary/aromatic N) is 2. The van der Waals surface area contributed by atoms with Crippen molar-refractivity contribution in [3.05, 3.63) is 0 Å². The third-order valence-corrected chi connectivity index (χ3v) is 4.88. The molecule has 3 atom stereocenters. The van der Waals surface area contributed by atoms with Crippen LogP contribution in [-0.2, 0) is 9.53 Å². The van der Waals surface area contributed by atoms with Gasteiger partial charge in [0.1, 0.15) is 0 Å².